The lowest BCUT2D eigenvalue weighted by Gasteiger charge is -2.25. The average Bonchev–Trinajstić information content (AvgIpc) is 3.04. The lowest BCUT2D eigenvalue weighted by Crippen LogP contribution is -2.33. The molecule has 6 nitrogen and oxygen atoms in total. The van der Waals surface area contributed by atoms with Crippen molar-refractivity contribution in [3.63, 3.8) is 0 Å². The summed E-state index contributed by atoms with van der Waals surface area (Å²) in [5, 5.41) is 13.0. The topological polar surface area (TPSA) is 82.4 Å². The van der Waals surface area contributed by atoms with E-state index in [1.807, 2.05) is 24.3 Å². The van der Waals surface area contributed by atoms with E-state index < -0.39 is 0 Å². The van der Waals surface area contributed by atoms with Crippen LogP contribution in [0.3, 0.4) is 0 Å². The van der Waals surface area contributed by atoms with Crippen LogP contribution in [0.2, 0.25) is 0 Å². The van der Waals surface area contributed by atoms with Crippen LogP contribution in [0.25, 0.3) is 0 Å². The van der Waals surface area contributed by atoms with Gasteiger partial charge >= 0.3 is 0 Å². The maximum atomic E-state index is 12.3. The van der Waals surface area contributed by atoms with Crippen molar-refractivity contribution in [3.8, 4) is 11.8 Å². The number of benzene rings is 1. The van der Waals surface area contributed by atoms with Gasteiger partial charge < -0.3 is 15.0 Å². The quantitative estimate of drug-likeness (QED) is 0.728. The molecule has 0 saturated heterocycles. The SMILES string of the molecule is COc1ccc(SCCC(=O)Nc2sc3c(c2C#N)CCN(C(C)=O)C3)cc1. The van der Waals surface area contributed by atoms with Gasteiger partial charge in [0.2, 0.25) is 11.8 Å². The first-order valence-corrected chi connectivity index (χ1v) is 10.7. The third-order valence-electron chi connectivity index (χ3n) is 4.52. The number of nitrogens with one attached hydrogen (secondary N) is 1. The number of nitriles is 1. The first kappa shape index (κ1) is 20.2. The molecule has 8 heteroatoms. The van der Waals surface area contributed by atoms with Crippen molar-refractivity contribution in [1.29, 1.82) is 5.26 Å². The molecule has 0 fully saturated rings. The number of rotatable bonds is 6. The van der Waals surface area contributed by atoms with Gasteiger partial charge in [-0.2, -0.15) is 5.26 Å². The van der Waals surface area contributed by atoms with E-state index in [4.69, 9.17) is 4.74 Å². The maximum absolute atomic E-state index is 12.3. The fourth-order valence-electron chi connectivity index (χ4n) is 3.00. The zero-order valence-corrected chi connectivity index (χ0v) is 17.4. The highest BCUT2D eigenvalue weighted by Crippen LogP contribution is 2.36. The summed E-state index contributed by atoms with van der Waals surface area (Å²) in [4.78, 5) is 27.8. The number of thioether (sulfide) groups is 1. The minimum Gasteiger partial charge on any atom is -0.497 e. The highest BCUT2D eigenvalue weighted by molar-refractivity contribution is 7.99. The molecule has 2 amide bonds. The molecule has 1 aliphatic rings. The van der Waals surface area contributed by atoms with Crippen LogP contribution in [0.5, 0.6) is 5.75 Å². The zero-order chi connectivity index (χ0) is 20.1. The second-order valence-corrected chi connectivity index (χ2v) is 8.61. The zero-order valence-electron chi connectivity index (χ0n) is 15.8. The Morgan fingerprint density at radius 3 is 2.75 bits per heavy atom. The molecule has 3 rings (SSSR count). The Labute approximate surface area is 172 Å². The molecule has 1 N–H and O–H groups in total. The summed E-state index contributed by atoms with van der Waals surface area (Å²) >= 11 is 3.00. The second-order valence-electron chi connectivity index (χ2n) is 6.33. The van der Waals surface area contributed by atoms with Crippen molar-refractivity contribution >= 4 is 39.9 Å². The number of carbonyl (C=O) groups excluding carboxylic acids is 2. The van der Waals surface area contributed by atoms with Gasteiger partial charge in [-0.05, 0) is 36.2 Å². The van der Waals surface area contributed by atoms with Crippen LogP contribution < -0.4 is 10.1 Å². The molecule has 0 atom stereocenters. The van der Waals surface area contributed by atoms with E-state index in [0.29, 0.717) is 42.2 Å². The monoisotopic (exact) mass is 415 g/mol. The molecule has 0 saturated carbocycles. The van der Waals surface area contributed by atoms with Gasteiger partial charge in [0.15, 0.2) is 0 Å². The van der Waals surface area contributed by atoms with Crippen LogP contribution in [0.4, 0.5) is 5.00 Å². The van der Waals surface area contributed by atoms with Gasteiger partial charge in [0.05, 0.1) is 19.2 Å². The molecule has 0 aliphatic carbocycles. The number of anilines is 1. The van der Waals surface area contributed by atoms with Crippen LogP contribution >= 0.6 is 23.1 Å². The Morgan fingerprint density at radius 1 is 1.36 bits per heavy atom. The minimum atomic E-state index is -0.112. The lowest BCUT2D eigenvalue weighted by atomic mass is 10.0. The van der Waals surface area contributed by atoms with Crippen LogP contribution in [-0.4, -0.2) is 36.1 Å². The first-order chi connectivity index (χ1) is 13.5. The number of ether oxygens (including phenoxy) is 1. The molecule has 28 heavy (non-hydrogen) atoms. The molecule has 1 aromatic carbocycles. The van der Waals surface area contributed by atoms with E-state index in [9.17, 15) is 14.9 Å². The first-order valence-electron chi connectivity index (χ1n) is 8.88. The van der Waals surface area contributed by atoms with Crippen LogP contribution in [0.15, 0.2) is 29.2 Å². The molecule has 0 spiro atoms. The normalized spacial score (nSPS) is 12.8. The van der Waals surface area contributed by atoms with E-state index >= 15 is 0 Å². The van der Waals surface area contributed by atoms with Crippen molar-refractivity contribution in [2.24, 2.45) is 0 Å². The van der Waals surface area contributed by atoms with E-state index in [1.54, 1.807) is 30.7 Å². The predicted octanol–water partition coefficient (Wildman–Crippen LogP) is 3.65. The lowest BCUT2D eigenvalue weighted by molar-refractivity contribution is -0.129. The number of nitrogens with zero attached hydrogens (tertiary/aromatic N) is 2. The van der Waals surface area contributed by atoms with Crippen LogP contribution in [-0.2, 0) is 22.6 Å². The smallest absolute Gasteiger partial charge is 0.225 e. The highest BCUT2D eigenvalue weighted by Gasteiger charge is 2.26. The third kappa shape index (κ3) is 4.66. The van der Waals surface area contributed by atoms with E-state index in [0.717, 1.165) is 21.1 Å². The van der Waals surface area contributed by atoms with Crippen LogP contribution in [0, 0.1) is 11.3 Å². The second kappa shape index (κ2) is 9.13. The van der Waals surface area contributed by atoms with Crippen molar-refractivity contribution in [3.05, 3.63) is 40.3 Å². The number of amides is 2. The summed E-state index contributed by atoms with van der Waals surface area (Å²) in [6.45, 7) is 2.67. The van der Waals surface area contributed by atoms with E-state index in [-0.39, 0.29) is 11.8 Å². The summed E-state index contributed by atoms with van der Waals surface area (Å²) in [6.07, 6.45) is 1.00. The molecule has 1 aromatic heterocycles. The van der Waals surface area contributed by atoms with Gasteiger partial charge in [-0.3, -0.25) is 9.59 Å². The largest absolute Gasteiger partial charge is 0.497 e. The summed E-state index contributed by atoms with van der Waals surface area (Å²) < 4.78 is 5.13. The molecule has 0 bridgehead atoms. The van der Waals surface area contributed by atoms with Crippen molar-refractivity contribution in [2.75, 3.05) is 24.7 Å². The fraction of sp³-hybridized carbons (Fsp3) is 0.350. The Balaban J connectivity index is 1.58. The molecular weight excluding hydrogens is 394 g/mol. The van der Waals surface area contributed by atoms with Crippen molar-refractivity contribution in [2.45, 2.75) is 31.2 Å². The van der Waals surface area contributed by atoms with E-state index in [2.05, 4.69) is 11.4 Å². The summed E-state index contributed by atoms with van der Waals surface area (Å²) in [5.41, 5.74) is 1.51. The van der Waals surface area contributed by atoms with Gasteiger partial charge in [0.25, 0.3) is 0 Å². The summed E-state index contributed by atoms with van der Waals surface area (Å²) in [6, 6.07) is 9.93. The highest BCUT2D eigenvalue weighted by atomic mass is 32.2. The minimum absolute atomic E-state index is 0.0266. The molecule has 0 radical (unpaired) electrons. The standard InChI is InChI=1S/C20H21N3O3S2/c1-13(24)23-9-7-16-17(11-21)20(28-18(16)12-23)22-19(25)8-10-27-15-5-3-14(26-2)4-6-15/h3-6H,7-10,12H2,1-2H3,(H,22,25). The van der Waals surface area contributed by atoms with Crippen LogP contribution in [0.1, 0.15) is 29.3 Å². The van der Waals surface area contributed by atoms with Gasteiger partial charge in [0.1, 0.15) is 16.8 Å². The molecule has 2 aromatic rings. The Kier molecular flexibility index (Phi) is 6.60. The predicted molar refractivity (Wildman–Crippen MR) is 111 cm³/mol. The third-order valence-corrected chi connectivity index (χ3v) is 6.67. The van der Waals surface area contributed by atoms with E-state index in [1.165, 1.54) is 11.3 Å². The van der Waals surface area contributed by atoms with Gasteiger partial charge in [-0.1, -0.05) is 0 Å². The van der Waals surface area contributed by atoms with Crippen molar-refractivity contribution < 1.29 is 14.3 Å². The number of carbonyl (C=O) groups is 2. The number of fused-ring (bicyclic) bond motifs is 1. The number of hydrogen-bond donors (Lipinski definition) is 1. The molecule has 146 valence electrons. The Hall–Kier alpha value is -2.50. The molecule has 1 aliphatic heterocycles. The number of hydrogen-bond acceptors (Lipinski definition) is 6. The average molecular weight is 416 g/mol. The van der Waals surface area contributed by atoms with Gasteiger partial charge in [-0.25, -0.2) is 0 Å². The Morgan fingerprint density at radius 2 is 2.11 bits per heavy atom. The molecular formula is C20H21N3O3S2. The number of thiophene rings is 1. The maximum Gasteiger partial charge on any atom is 0.225 e. The van der Waals surface area contributed by atoms with Crippen molar-refractivity contribution in [1.82, 2.24) is 4.90 Å². The summed E-state index contributed by atoms with van der Waals surface area (Å²) in [7, 11) is 1.63. The fourth-order valence-corrected chi connectivity index (χ4v) is 5.08. The van der Waals surface area contributed by atoms with Gasteiger partial charge in [0, 0.05) is 35.4 Å². The number of methoxy groups -OCH3 is 1. The Bertz CT molecular complexity index is 916. The summed E-state index contributed by atoms with van der Waals surface area (Å²) in [5.74, 6) is 1.36. The van der Waals surface area contributed by atoms with Gasteiger partial charge in [-0.15, -0.1) is 23.1 Å². The molecule has 0 unspecified atom stereocenters. The molecule has 2 heterocycles.